The molecule has 0 unspecified atom stereocenters. The van der Waals surface area contributed by atoms with E-state index in [0.717, 1.165) is 15.6 Å². The molecule has 0 heterocycles. The van der Waals surface area contributed by atoms with Crippen molar-refractivity contribution < 1.29 is 19.0 Å². The summed E-state index contributed by atoms with van der Waals surface area (Å²) < 4.78 is 24.9. The number of rotatable bonds is 8. The molecule has 2 aromatic carbocycles. The van der Waals surface area contributed by atoms with Crippen molar-refractivity contribution in [3.8, 4) is 11.5 Å². The molecule has 2 aromatic rings. The van der Waals surface area contributed by atoms with Gasteiger partial charge in [0.25, 0.3) is 0 Å². The van der Waals surface area contributed by atoms with Crippen molar-refractivity contribution in [3.63, 3.8) is 0 Å². The van der Waals surface area contributed by atoms with E-state index in [4.69, 9.17) is 14.6 Å². The number of methoxy groups -OCH3 is 1. The van der Waals surface area contributed by atoms with Gasteiger partial charge in [-0.3, -0.25) is 0 Å². The van der Waals surface area contributed by atoms with Gasteiger partial charge >= 0.3 is 0 Å². The number of aliphatic hydroxyl groups is 1. The summed E-state index contributed by atoms with van der Waals surface area (Å²) in [7, 11) is 1.58. The Bertz CT molecular complexity index is 640. The molecule has 0 aliphatic heterocycles. The van der Waals surface area contributed by atoms with Gasteiger partial charge in [-0.15, -0.1) is 12.4 Å². The van der Waals surface area contributed by atoms with Gasteiger partial charge in [0.1, 0.15) is 12.4 Å². The fourth-order valence-electron chi connectivity index (χ4n) is 2.06. The molecule has 0 fully saturated rings. The third-order valence-electron chi connectivity index (χ3n) is 3.20. The first-order valence-electron chi connectivity index (χ1n) is 7.19. The fourth-order valence-corrected chi connectivity index (χ4v) is 2.67. The Balaban J connectivity index is 0.00000288. The standard InChI is InChI=1S/C17H19BrFNO3.ClH/c1-22-16-9-13(10-20-6-7-21)8-15(18)17(16)23-11-12-2-4-14(19)5-3-12;/h2-5,8-9,20-21H,6-7,10-11H2,1H3;1H. The summed E-state index contributed by atoms with van der Waals surface area (Å²) in [6.45, 7) is 1.56. The fraction of sp³-hybridized carbons (Fsp3) is 0.294. The van der Waals surface area contributed by atoms with Crippen LogP contribution in [0.15, 0.2) is 40.9 Å². The van der Waals surface area contributed by atoms with Crippen LogP contribution < -0.4 is 14.8 Å². The summed E-state index contributed by atoms with van der Waals surface area (Å²) in [5, 5.41) is 11.9. The van der Waals surface area contributed by atoms with Gasteiger partial charge in [-0.05, 0) is 51.3 Å². The third-order valence-corrected chi connectivity index (χ3v) is 3.79. The van der Waals surface area contributed by atoms with Crippen LogP contribution in [0.5, 0.6) is 11.5 Å². The summed E-state index contributed by atoms with van der Waals surface area (Å²) in [4.78, 5) is 0. The van der Waals surface area contributed by atoms with Crippen LogP contribution >= 0.6 is 28.3 Å². The molecule has 2 N–H and O–H groups in total. The lowest BCUT2D eigenvalue weighted by molar-refractivity contribution is 0.282. The number of halogens is 3. The van der Waals surface area contributed by atoms with E-state index in [1.54, 1.807) is 19.2 Å². The molecule has 2 rings (SSSR count). The minimum absolute atomic E-state index is 0. The highest BCUT2D eigenvalue weighted by Gasteiger charge is 2.12. The summed E-state index contributed by atoms with van der Waals surface area (Å²) in [5.41, 5.74) is 1.88. The largest absolute Gasteiger partial charge is 0.493 e. The number of aliphatic hydroxyl groups excluding tert-OH is 1. The van der Waals surface area contributed by atoms with E-state index in [9.17, 15) is 4.39 Å². The van der Waals surface area contributed by atoms with E-state index >= 15 is 0 Å². The van der Waals surface area contributed by atoms with E-state index in [-0.39, 0.29) is 24.8 Å². The number of ether oxygens (including phenoxy) is 2. The highest BCUT2D eigenvalue weighted by atomic mass is 79.9. The van der Waals surface area contributed by atoms with E-state index in [1.165, 1.54) is 12.1 Å². The van der Waals surface area contributed by atoms with Crippen molar-refractivity contribution in [3.05, 3.63) is 57.8 Å². The molecule has 24 heavy (non-hydrogen) atoms. The zero-order chi connectivity index (χ0) is 16.7. The van der Waals surface area contributed by atoms with Gasteiger partial charge in [-0.25, -0.2) is 4.39 Å². The first-order valence-corrected chi connectivity index (χ1v) is 7.98. The van der Waals surface area contributed by atoms with E-state index in [1.807, 2.05) is 12.1 Å². The third kappa shape index (κ3) is 5.94. The molecule has 0 aliphatic rings. The van der Waals surface area contributed by atoms with Gasteiger partial charge in [-0.2, -0.15) is 0 Å². The Kier molecular flexibility index (Phi) is 9.07. The smallest absolute Gasteiger partial charge is 0.175 e. The maximum atomic E-state index is 12.9. The molecule has 0 aliphatic carbocycles. The molecule has 0 saturated heterocycles. The Morgan fingerprint density at radius 3 is 2.50 bits per heavy atom. The molecule has 0 spiro atoms. The van der Waals surface area contributed by atoms with Crippen molar-refractivity contribution in [2.75, 3.05) is 20.3 Å². The molecular formula is C17H20BrClFNO3. The second kappa shape index (κ2) is 10.5. The van der Waals surface area contributed by atoms with Crippen molar-refractivity contribution in [2.45, 2.75) is 13.2 Å². The maximum Gasteiger partial charge on any atom is 0.175 e. The monoisotopic (exact) mass is 419 g/mol. The lowest BCUT2D eigenvalue weighted by Gasteiger charge is -2.15. The lowest BCUT2D eigenvalue weighted by atomic mass is 10.2. The first kappa shape index (κ1) is 20.7. The summed E-state index contributed by atoms with van der Waals surface area (Å²) in [5.74, 6) is 0.942. The lowest BCUT2D eigenvalue weighted by Crippen LogP contribution is -2.17. The first-order chi connectivity index (χ1) is 11.1. The Labute approximate surface area is 155 Å². The number of hydrogen-bond donors (Lipinski definition) is 2. The predicted octanol–water partition coefficient (Wildman–Crippen LogP) is 3.68. The van der Waals surface area contributed by atoms with Gasteiger partial charge < -0.3 is 19.9 Å². The molecule has 0 bridgehead atoms. The van der Waals surface area contributed by atoms with Gasteiger partial charge in [0.05, 0.1) is 18.2 Å². The Morgan fingerprint density at radius 2 is 1.88 bits per heavy atom. The zero-order valence-electron chi connectivity index (χ0n) is 13.2. The van der Waals surface area contributed by atoms with Crippen LogP contribution in [0.1, 0.15) is 11.1 Å². The van der Waals surface area contributed by atoms with E-state index < -0.39 is 0 Å². The second-order valence-corrected chi connectivity index (χ2v) is 5.78. The highest BCUT2D eigenvalue weighted by Crippen LogP contribution is 2.37. The van der Waals surface area contributed by atoms with Crippen LogP contribution in [-0.4, -0.2) is 25.4 Å². The van der Waals surface area contributed by atoms with Crippen LogP contribution in [0.2, 0.25) is 0 Å². The minimum atomic E-state index is -0.271. The van der Waals surface area contributed by atoms with Crippen molar-refractivity contribution in [1.29, 1.82) is 0 Å². The average Bonchev–Trinajstić information content (AvgIpc) is 2.55. The van der Waals surface area contributed by atoms with Crippen LogP contribution in [0.3, 0.4) is 0 Å². The van der Waals surface area contributed by atoms with Gasteiger partial charge in [0.2, 0.25) is 0 Å². The number of hydrogen-bond acceptors (Lipinski definition) is 4. The molecule has 0 amide bonds. The topological polar surface area (TPSA) is 50.7 Å². The maximum absolute atomic E-state index is 12.9. The molecule has 4 nitrogen and oxygen atoms in total. The molecule has 0 aromatic heterocycles. The predicted molar refractivity (Wildman–Crippen MR) is 97.5 cm³/mol. The van der Waals surface area contributed by atoms with Gasteiger partial charge in [0, 0.05) is 13.1 Å². The number of nitrogens with one attached hydrogen (secondary N) is 1. The summed E-state index contributed by atoms with van der Waals surface area (Å²) in [6.07, 6.45) is 0. The molecule has 0 radical (unpaired) electrons. The molecule has 132 valence electrons. The van der Waals surface area contributed by atoms with Gasteiger partial charge in [0.15, 0.2) is 11.5 Å². The highest BCUT2D eigenvalue weighted by molar-refractivity contribution is 9.10. The Hall–Kier alpha value is -1.34. The zero-order valence-corrected chi connectivity index (χ0v) is 15.6. The van der Waals surface area contributed by atoms with Crippen molar-refractivity contribution >= 4 is 28.3 Å². The van der Waals surface area contributed by atoms with Crippen molar-refractivity contribution in [2.24, 2.45) is 0 Å². The second-order valence-electron chi connectivity index (χ2n) is 4.92. The number of benzene rings is 2. The van der Waals surface area contributed by atoms with Crippen LogP contribution in [-0.2, 0) is 13.2 Å². The molecular weight excluding hydrogens is 401 g/mol. The average molecular weight is 421 g/mol. The molecule has 7 heteroatoms. The summed E-state index contributed by atoms with van der Waals surface area (Å²) >= 11 is 3.49. The van der Waals surface area contributed by atoms with E-state index in [0.29, 0.717) is 31.2 Å². The summed E-state index contributed by atoms with van der Waals surface area (Å²) in [6, 6.07) is 10.00. The van der Waals surface area contributed by atoms with Crippen LogP contribution in [0.4, 0.5) is 4.39 Å². The Morgan fingerprint density at radius 1 is 1.17 bits per heavy atom. The molecule has 0 atom stereocenters. The quantitative estimate of drug-likeness (QED) is 0.640. The molecule has 0 saturated carbocycles. The minimum Gasteiger partial charge on any atom is -0.493 e. The SMILES string of the molecule is COc1cc(CNCCO)cc(Br)c1OCc1ccc(F)cc1.Cl. The van der Waals surface area contributed by atoms with Gasteiger partial charge in [-0.1, -0.05) is 12.1 Å². The van der Waals surface area contributed by atoms with Crippen LogP contribution in [0, 0.1) is 5.82 Å². The normalized spacial score (nSPS) is 10.2. The van der Waals surface area contributed by atoms with Crippen LogP contribution in [0.25, 0.3) is 0 Å². The van der Waals surface area contributed by atoms with Crippen molar-refractivity contribution in [1.82, 2.24) is 5.32 Å². The van der Waals surface area contributed by atoms with E-state index in [2.05, 4.69) is 21.2 Å².